The molecule has 0 fully saturated rings. The number of aliphatic carboxylic acids is 1. The summed E-state index contributed by atoms with van der Waals surface area (Å²) in [5, 5.41) is 12.4. The molecule has 0 saturated heterocycles. The number of carboxylic acids is 1. The quantitative estimate of drug-likeness (QED) is 0.368. The van der Waals surface area contributed by atoms with E-state index in [9.17, 15) is 14.7 Å². The Kier molecular flexibility index (Phi) is 7.79. The number of nitrogens with zero attached hydrogens (tertiary/aromatic N) is 1. The second kappa shape index (κ2) is 8.25. The van der Waals surface area contributed by atoms with Crippen LogP contribution in [0, 0.1) is 0 Å². The van der Waals surface area contributed by atoms with Crippen molar-refractivity contribution in [1.29, 1.82) is 0 Å². The summed E-state index contributed by atoms with van der Waals surface area (Å²) in [6.07, 6.45) is 5.60. The van der Waals surface area contributed by atoms with Gasteiger partial charge in [-0.3, -0.25) is 14.6 Å². The molecule has 1 unspecified atom stereocenters. The van der Waals surface area contributed by atoms with Gasteiger partial charge < -0.3 is 5.11 Å². The molecule has 0 bridgehead atoms. The lowest BCUT2D eigenvalue weighted by Crippen LogP contribution is -2.71. The Hall–Kier alpha value is -1.10. The van der Waals surface area contributed by atoms with Gasteiger partial charge in [0.15, 0.2) is 0 Å². The van der Waals surface area contributed by atoms with E-state index in [1.54, 1.807) is 21.1 Å². The molecule has 0 aromatic carbocycles. The third kappa shape index (κ3) is 5.12. The Morgan fingerprint density at radius 3 is 2.05 bits per heavy atom. The Labute approximate surface area is 122 Å². The van der Waals surface area contributed by atoms with Crippen molar-refractivity contribution in [3.8, 4) is 0 Å². The summed E-state index contributed by atoms with van der Waals surface area (Å²) >= 11 is 0. The molecule has 0 aromatic heterocycles. The monoisotopic (exact) mass is 287 g/mol. The predicted molar refractivity (Wildman–Crippen MR) is 80.2 cm³/mol. The molecular weight excluding hydrogens is 256 g/mol. The molecule has 2 N–H and O–H groups in total. The number of carboxylic acid groups (broad SMARTS) is 1. The van der Waals surface area contributed by atoms with Crippen LogP contribution in [-0.2, 0) is 9.59 Å². The fourth-order valence-corrected chi connectivity index (χ4v) is 2.38. The van der Waals surface area contributed by atoms with Crippen LogP contribution >= 0.6 is 0 Å². The highest BCUT2D eigenvalue weighted by Crippen LogP contribution is 2.23. The number of unbranched alkanes of at least 4 members (excludes halogenated alkanes) is 3. The lowest BCUT2D eigenvalue weighted by Gasteiger charge is -2.43. The molecule has 0 aliphatic heterocycles. The summed E-state index contributed by atoms with van der Waals surface area (Å²) in [5.74, 6) is -1.13. The van der Waals surface area contributed by atoms with E-state index in [2.05, 4.69) is 12.2 Å². The molecule has 0 heterocycles. The van der Waals surface area contributed by atoms with Gasteiger partial charge in [-0.15, -0.1) is 0 Å². The second-order valence-corrected chi connectivity index (χ2v) is 6.29. The summed E-state index contributed by atoms with van der Waals surface area (Å²) in [5.41, 5.74) is -1.24. The van der Waals surface area contributed by atoms with Crippen LogP contribution in [0.1, 0.15) is 58.8 Å². The lowest BCUT2D eigenvalue weighted by atomic mass is 9.99. The SMILES string of the molecule is CCCCCCC(=O)NC(CCC)(C(=O)O)[N+](C)(C)C. The molecule has 0 saturated carbocycles. The summed E-state index contributed by atoms with van der Waals surface area (Å²) in [7, 11) is 5.42. The number of amides is 1. The van der Waals surface area contributed by atoms with Gasteiger partial charge in [0.1, 0.15) is 0 Å². The first-order valence-electron chi connectivity index (χ1n) is 7.57. The molecule has 5 nitrogen and oxygen atoms in total. The summed E-state index contributed by atoms with van der Waals surface area (Å²) in [6, 6.07) is 0. The van der Waals surface area contributed by atoms with Crippen LogP contribution in [0.5, 0.6) is 0 Å². The van der Waals surface area contributed by atoms with Crippen LogP contribution in [0.15, 0.2) is 0 Å². The third-order valence-corrected chi connectivity index (χ3v) is 3.71. The van der Waals surface area contributed by atoms with Crippen LogP contribution in [0.25, 0.3) is 0 Å². The molecule has 1 atom stereocenters. The molecule has 1 amide bonds. The predicted octanol–water partition coefficient (Wildman–Crippen LogP) is 2.36. The fraction of sp³-hybridized carbons (Fsp3) is 0.867. The first kappa shape index (κ1) is 18.9. The Morgan fingerprint density at radius 2 is 1.65 bits per heavy atom. The van der Waals surface area contributed by atoms with Gasteiger partial charge >= 0.3 is 5.97 Å². The maximum Gasteiger partial charge on any atom is 0.388 e. The zero-order chi connectivity index (χ0) is 15.8. The van der Waals surface area contributed by atoms with Crippen LogP contribution in [0.3, 0.4) is 0 Å². The Balaban J connectivity index is 4.81. The zero-order valence-corrected chi connectivity index (χ0v) is 13.7. The number of carbonyl (C=O) groups excluding carboxylic acids is 1. The normalized spacial score (nSPS) is 14.7. The average Bonchev–Trinajstić information content (AvgIpc) is 2.32. The van der Waals surface area contributed by atoms with Crippen molar-refractivity contribution in [3.63, 3.8) is 0 Å². The first-order valence-corrected chi connectivity index (χ1v) is 7.57. The largest absolute Gasteiger partial charge is 0.475 e. The average molecular weight is 287 g/mol. The molecule has 0 spiro atoms. The minimum atomic E-state index is -1.24. The molecule has 0 aliphatic carbocycles. The third-order valence-electron chi connectivity index (χ3n) is 3.71. The standard InChI is InChI=1S/C15H30N2O3/c1-6-8-9-10-11-13(18)16-15(12-7-2,14(19)20)17(3,4)5/h6-12H2,1-5H3,(H-,16,18,19,20)/p+1. The van der Waals surface area contributed by atoms with Gasteiger partial charge in [0.25, 0.3) is 5.66 Å². The molecule has 0 aliphatic rings. The number of carbonyl (C=O) groups is 2. The van der Waals surface area contributed by atoms with Gasteiger partial charge in [-0.25, -0.2) is 4.79 Å². The van der Waals surface area contributed by atoms with Crippen molar-refractivity contribution in [1.82, 2.24) is 5.32 Å². The van der Waals surface area contributed by atoms with E-state index in [0.717, 1.165) is 25.7 Å². The topological polar surface area (TPSA) is 66.4 Å². The molecule has 5 heteroatoms. The van der Waals surface area contributed by atoms with Crippen molar-refractivity contribution in [2.75, 3.05) is 21.1 Å². The second-order valence-electron chi connectivity index (χ2n) is 6.29. The minimum absolute atomic E-state index is 0.162. The highest BCUT2D eigenvalue weighted by molar-refractivity contribution is 5.85. The lowest BCUT2D eigenvalue weighted by molar-refractivity contribution is -0.917. The van der Waals surface area contributed by atoms with Crippen LogP contribution in [0.2, 0.25) is 0 Å². The fourth-order valence-electron chi connectivity index (χ4n) is 2.38. The van der Waals surface area contributed by atoms with E-state index in [1.165, 1.54) is 0 Å². The number of quaternary nitrogens is 1. The van der Waals surface area contributed by atoms with Gasteiger partial charge in [0.2, 0.25) is 5.91 Å². The first-order chi connectivity index (χ1) is 9.21. The van der Waals surface area contributed by atoms with Gasteiger partial charge in [-0.1, -0.05) is 33.1 Å². The van der Waals surface area contributed by atoms with Crippen LogP contribution in [-0.4, -0.2) is 48.3 Å². The zero-order valence-electron chi connectivity index (χ0n) is 13.7. The molecule has 20 heavy (non-hydrogen) atoms. The smallest absolute Gasteiger partial charge is 0.388 e. The molecular formula is C15H31N2O3+. The molecule has 118 valence electrons. The van der Waals surface area contributed by atoms with Gasteiger partial charge in [0.05, 0.1) is 21.1 Å². The summed E-state index contributed by atoms with van der Waals surface area (Å²) < 4.78 is 0.177. The van der Waals surface area contributed by atoms with Crippen LogP contribution < -0.4 is 5.32 Å². The highest BCUT2D eigenvalue weighted by Gasteiger charge is 2.51. The van der Waals surface area contributed by atoms with E-state index >= 15 is 0 Å². The molecule has 0 aromatic rings. The van der Waals surface area contributed by atoms with E-state index in [4.69, 9.17) is 0 Å². The maximum absolute atomic E-state index is 12.1. The van der Waals surface area contributed by atoms with E-state index in [0.29, 0.717) is 19.3 Å². The van der Waals surface area contributed by atoms with Crippen molar-refractivity contribution < 1.29 is 19.2 Å². The van der Waals surface area contributed by atoms with E-state index in [-0.39, 0.29) is 10.4 Å². The summed E-state index contributed by atoms with van der Waals surface area (Å²) in [4.78, 5) is 23.8. The number of hydrogen-bond acceptors (Lipinski definition) is 2. The minimum Gasteiger partial charge on any atom is -0.475 e. The van der Waals surface area contributed by atoms with Crippen molar-refractivity contribution in [2.45, 2.75) is 64.5 Å². The van der Waals surface area contributed by atoms with Gasteiger partial charge in [0, 0.05) is 12.8 Å². The number of nitrogens with one attached hydrogen (secondary N) is 1. The van der Waals surface area contributed by atoms with E-state index < -0.39 is 11.6 Å². The van der Waals surface area contributed by atoms with E-state index in [1.807, 2.05) is 6.92 Å². The van der Waals surface area contributed by atoms with Crippen molar-refractivity contribution in [3.05, 3.63) is 0 Å². The Morgan fingerprint density at radius 1 is 1.05 bits per heavy atom. The summed E-state index contributed by atoms with van der Waals surface area (Å²) in [6.45, 7) is 4.05. The Bertz CT molecular complexity index is 324. The van der Waals surface area contributed by atoms with Gasteiger partial charge in [-0.05, 0) is 12.8 Å². The van der Waals surface area contributed by atoms with Crippen molar-refractivity contribution >= 4 is 11.9 Å². The van der Waals surface area contributed by atoms with Crippen molar-refractivity contribution in [2.24, 2.45) is 0 Å². The molecule has 0 rings (SSSR count). The maximum atomic E-state index is 12.1. The van der Waals surface area contributed by atoms with Crippen LogP contribution in [0.4, 0.5) is 0 Å². The number of hydrogen-bond donors (Lipinski definition) is 2. The number of rotatable bonds is 10. The molecule has 0 radical (unpaired) electrons. The van der Waals surface area contributed by atoms with Gasteiger partial charge in [-0.2, -0.15) is 0 Å². The number of likely N-dealkylation sites (N-methyl/N-ethyl adjacent to an activating group) is 1. The highest BCUT2D eigenvalue weighted by atomic mass is 16.4.